The van der Waals surface area contributed by atoms with E-state index in [0.717, 1.165) is 12.8 Å². The fraction of sp³-hybridized carbons (Fsp3) is 0.222. The first-order valence-corrected chi connectivity index (χ1v) is 8.43. The molecule has 0 heterocycles. The molecule has 0 aliphatic rings. The van der Waals surface area contributed by atoms with E-state index in [0.29, 0.717) is 17.7 Å². The zero-order valence-electron chi connectivity index (χ0n) is 14.1. The number of nitrogens with zero attached hydrogens (tertiary/aromatic N) is 1. The number of rotatable bonds is 7. The molecule has 7 nitrogen and oxygen atoms in total. The third-order valence-electron chi connectivity index (χ3n) is 3.59. The molecule has 2 amide bonds. The summed E-state index contributed by atoms with van der Waals surface area (Å²) in [4.78, 5) is 34.2. The third-order valence-corrected chi connectivity index (χ3v) is 3.91. The van der Waals surface area contributed by atoms with Crippen molar-refractivity contribution in [2.45, 2.75) is 26.2 Å². The summed E-state index contributed by atoms with van der Waals surface area (Å²) in [6.45, 7) is 2.01. The highest BCUT2D eigenvalue weighted by Crippen LogP contribution is 2.27. The van der Waals surface area contributed by atoms with Crippen LogP contribution in [0.5, 0.6) is 0 Å². The predicted molar refractivity (Wildman–Crippen MR) is 101 cm³/mol. The van der Waals surface area contributed by atoms with E-state index in [2.05, 4.69) is 10.6 Å². The lowest BCUT2D eigenvalue weighted by Gasteiger charge is -2.08. The number of anilines is 2. The average Bonchev–Trinajstić information content (AvgIpc) is 2.62. The van der Waals surface area contributed by atoms with Crippen LogP contribution in [0.3, 0.4) is 0 Å². The van der Waals surface area contributed by atoms with Gasteiger partial charge in [-0.1, -0.05) is 24.9 Å². The van der Waals surface area contributed by atoms with Crippen LogP contribution in [-0.2, 0) is 4.79 Å². The van der Waals surface area contributed by atoms with Crippen molar-refractivity contribution in [1.29, 1.82) is 0 Å². The quantitative estimate of drug-likeness (QED) is 0.544. The fourth-order valence-electron chi connectivity index (χ4n) is 2.20. The molecule has 0 unspecified atom stereocenters. The number of hydrogen-bond acceptors (Lipinski definition) is 4. The van der Waals surface area contributed by atoms with Crippen LogP contribution >= 0.6 is 11.6 Å². The van der Waals surface area contributed by atoms with E-state index in [9.17, 15) is 19.7 Å². The van der Waals surface area contributed by atoms with Gasteiger partial charge in [-0.2, -0.15) is 0 Å². The summed E-state index contributed by atoms with van der Waals surface area (Å²) in [6, 6.07) is 10.4. The second kappa shape index (κ2) is 8.96. The topological polar surface area (TPSA) is 101 Å². The first-order valence-electron chi connectivity index (χ1n) is 8.06. The van der Waals surface area contributed by atoms with Crippen molar-refractivity contribution >= 4 is 40.5 Å². The first-order chi connectivity index (χ1) is 12.4. The van der Waals surface area contributed by atoms with Gasteiger partial charge in [-0.25, -0.2) is 0 Å². The van der Waals surface area contributed by atoms with Crippen molar-refractivity contribution in [3.05, 3.63) is 63.2 Å². The molecule has 0 aliphatic heterocycles. The third kappa shape index (κ3) is 5.29. The van der Waals surface area contributed by atoms with Crippen LogP contribution in [-0.4, -0.2) is 16.7 Å². The Morgan fingerprint density at radius 2 is 1.73 bits per heavy atom. The Bertz CT molecular complexity index is 822. The molecule has 136 valence electrons. The predicted octanol–water partition coefficient (Wildman–Crippen LogP) is 4.63. The van der Waals surface area contributed by atoms with Gasteiger partial charge in [-0.05, 0) is 42.8 Å². The molecule has 2 aromatic carbocycles. The van der Waals surface area contributed by atoms with Gasteiger partial charge in [-0.15, -0.1) is 0 Å². The summed E-state index contributed by atoms with van der Waals surface area (Å²) in [5.41, 5.74) is 0.941. The Hall–Kier alpha value is -2.93. The smallest absolute Gasteiger partial charge is 0.289 e. The van der Waals surface area contributed by atoms with Gasteiger partial charge in [0.25, 0.3) is 11.6 Å². The standard InChI is InChI=1S/C18H18ClN3O4/c1-2-3-4-17(23)20-13-7-5-12(6-8-13)18(24)21-14-9-10-15(19)16(11-14)22(25)26/h5-11H,2-4H2,1H3,(H,20,23)(H,21,24). The van der Waals surface area contributed by atoms with Crippen molar-refractivity contribution in [1.82, 2.24) is 0 Å². The van der Waals surface area contributed by atoms with E-state index in [-0.39, 0.29) is 22.3 Å². The maximum Gasteiger partial charge on any atom is 0.289 e. The molecule has 2 aromatic rings. The number of nitro groups is 1. The minimum absolute atomic E-state index is 0.00355. The van der Waals surface area contributed by atoms with E-state index in [1.807, 2.05) is 6.92 Å². The summed E-state index contributed by atoms with van der Waals surface area (Å²) in [7, 11) is 0. The molecule has 0 radical (unpaired) electrons. The molecule has 0 saturated heterocycles. The molecule has 0 fully saturated rings. The molecule has 0 aliphatic carbocycles. The van der Waals surface area contributed by atoms with Gasteiger partial charge in [0, 0.05) is 29.4 Å². The van der Waals surface area contributed by atoms with Crippen LogP contribution in [0.1, 0.15) is 36.5 Å². The van der Waals surface area contributed by atoms with Gasteiger partial charge in [0.1, 0.15) is 5.02 Å². The molecule has 8 heteroatoms. The van der Waals surface area contributed by atoms with E-state index in [4.69, 9.17) is 11.6 Å². The van der Waals surface area contributed by atoms with Crippen molar-refractivity contribution in [2.24, 2.45) is 0 Å². The van der Waals surface area contributed by atoms with Crippen LogP contribution < -0.4 is 10.6 Å². The van der Waals surface area contributed by atoms with Gasteiger partial charge in [0.05, 0.1) is 4.92 Å². The monoisotopic (exact) mass is 375 g/mol. The second-order valence-electron chi connectivity index (χ2n) is 5.61. The van der Waals surface area contributed by atoms with Crippen molar-refractivity contribution in [3.63, 3.8) is 0 Å². The Kier molecular flexibility index (Phi) is 6.68. The van der Waals surface area contributed by atoms with Crippen molar-refractivity contribution in [2.75, 3.05) is 10.6 Å². The van der Waals surface area contributed by atoms with E-state index in [1.165, 1.54) is 18.2 Å². The number of hydrogen-bond donors (Lipinski definition) is 2. The molecule has 0 bridgehead atoms. The van der Waals surface area contributed by atoms with Gasteiger partial charge >= 0.3 is 0 Å². The van der Waals surface area contributed by atoms with Crippen LogP contribution in [0, 0.1) is 10.1 Å². The average molecular weight is 376 g/mol. The van der Waals surface area contributed by atoms with Crippen molar-refractivity contribution < 1.29 is 14.5 Å². The van der Waals surface area contributed by atoms with Crippen LogP contribution in [0.15, 0.2) is 42.5 Å². The van der Waals surface area contributed by atoms with Gasteiger partial charge in [0.2, 0.25) is 5.91 Å². The van der Waals surface area contributed by atoms with Gasteiger partial charge in [0.15, 0.2) is 0 Å². The number of nitrogens with one attached hydrogen (secondary N) is 2. The lowest BCUT2D eigenvalue weighted by atomic mass is 10.1. The highest BCUT2D eigenvalue weighted by atomic mass is 35.5. The Balaban J connectivity index is 2.03. The number of unbranched alkanes of at least 4 members (excludes halogenated alkanes) is 1. The largest absolute Gasteiger partial charge is 0.326 e. The van der Waals surface area contributed by atoms with E-state index >= 15 is 0 Å². The fourth-order valence-corrected chi connectivity index (χ4v) is 2.39. The Morgan fingerprint density at radius 3 is 2.35 bits per heavy atom. The Labute approximate surface area is 155 Å². The minimum Gasteiger partial charge on any atom is -0.326 e. The minimum atomic E-state index is -0.617. The molecule has 0 saturated carbocycles. The number of carbonyl (C=O) groups is 2. The van der Waals surface area contributed by atoms with E-state index in [1.54, 1.807) is 24.3 Å². The van der Waals surface area contributed by atoms with Gasteiger partial charge < -0.3 is 10.6 Å². The molecule has 0 spiro atoms. The molecule has 0 aromatic heterocycles. The number of halogens is 1. The zero-order valence-corrected chi connectivity index (χ0v) is 14.9. The van der Waals surface area contributed by atoms with Crippen LogP contribution in [0.25, 0.3) is 0 Å². The number of amides is 2. The Morgan fingerprint density at radius 1 is 1.08 bits per heavy atom. The highest BCUT2D eigenvalue weighted by Gasteiger charge is 2.14. The summed E-state index contributed by atoms with van der Waals surface area (Å²) in [5, 5.41) is 16.2. The number of carbonyl (C=O) groups excluding carboxylic acids is 2. The van der Waals surface area contributed by atoms with E-state index < -0.39 is 10.8 Å². The molecule has 2 rings (SSSR count). The molecular weight excluding hydrogens is 358 g/mol. The number of nitro benzene ring substituents is 1. The summed E-state index contributed by atoms with van der Waals surface area (Å²) >= 11 is 5.75. The lowest BCUT2D eigenvalue weighted by Crippen LogP contribution is -2.13. The molecule has 0 atom stereocenters. The van der Waals surface area contributed by atoms with Crippen LogP contribution in [0.2, 0.25) is 5.02 Å². The van der Waals surface area contributed by atoms with Crippen molar-refractivity contribution in [3.8, 4) is 0 Å². The lowest BCUT2D eigenvalue weighted by molar-refractivity contribution is -0.384. The summed E-state index contributed by atoms with van der Waals surface area (Å²) in [6.07, 6.45) is 2.21. The molecule has 26 heavy (non-hydrogen) atoms. The maximum atomic E-state index is 12.3. The SMILES string of the molecule is CCCCC(=O)Nc1ccc(C(=O)Nc2ccc(Cl)c([N+](=O)[O-])c2)cc1. The maximum absolute atomic E-state index is 12.3. The van der Waals surface area contributed by atoms with Gasteiger partial charge in [-0.3, -0.25) is 19.7 Å². The summed E-state index contributed by atoms with van der Waals surface area (Å²) in [5.74, 6) is -0.497. The summed E-state index contributed by atoms with van der Waals surface area (Å²) < 4.78 is 0. The second-order valence-corrected chi connectivity index (χ2v) is 6.01. The molecule has 2 N–H and O–H groups in total. The molecular formula is C18H18ClN3O4. The normalized spacial score (nSPS) is 10.2. The first kappa shape index (κ1) is 19.4. The number of benzene rings is 2. The zero-order chi connectivity index (χ0) is 19.1. The van der Waals surface area contributed by atoms with Crippen LogP contribution in [0.4, 0.5) is 17.1 Å². The highest BCUT2D eigenvalue weighted by molar-refractivity contribution is 6.32.